The Balaban J connectivity index is 2.56. The molecule has 2 N–H and O–H groups in total. The van der Waals surface area contributed by atoms with Gasteiger partial charge in [0, 0.05) is 19.3 Å². The summed E-state index contributed by atoms with van der Waals surface area (Å²) in [5.41, 5.74) is -0.0772. The van der Waals surface area contributed by atoms with Gasteiger partial charge in [0.1, 0.15) is 5.75 Å². The molecule has 1 aromatic heterocycles. The lowest BCUT2D eigenvalue weighted by atomic mass is 10.1. The third-order valence-corrected chi connectivity index (χ3v) is 2.20. The molecule has 0 radical (unpaired) electrons. The van der Waals surface area contributed by atoms with Gasteiger partial charge >= 0.3 is 0 Å². The van der Waals surface area contributed by atoms with E-state index in [2.05, 4.69) is 10.3 Å². The molecule has 1 heterocycles. The lowest BCUT2D eigenvalue weighted by Crippen LogP contribution is -2.40. The van der Waals surface area contributed by atoms with Gasteiger partial charge in [-0.25, -0.2) is 0 Å². The third-order valence-electron chi connectivity index (χ3n) is 2.20. The second-order valence-corrected chi connectivity index (χ2v) is 4.31. The molecule has 0 bridgehead atoms. The van der Waals surface area contributed by atoms with Crippen molar-refractivity contribution in [3.05, 3.63) is 24.0 Å². The normalized spacial score (nSPS) is 11.2. The zero-order valence-electron chi connectivity index (χ0n) is 10.4. The van der Waals surface area contributed by atoms with E-state index in [-0.39, 0.29) is 11.7 Å². The molecule has 17 heavy (non-hydrogen) atoms. The minimum absolute atomic E-state index is 0.0262. The van der Waals surface area contributed by atoms with Gasteiger partial charge in [-0.05, 0) is 26.8 Å². The van der Waals surface area contributed by atoms with Crippen LogP contribution in [0.25, 0.3) is 0 Å². The molecule has 1 aromatic rings. The summed E-state index contributed by atoms with van der Waals surface area (Å²) < 4.78 is 5.46. The second-order valence-electron chi connectivity index (χ2n) is 4.31. The first-order chi connectivity index (χ1) is 7.94. The van der Waals surface area contributed by atoms with Crippen LogP contribution in [0.3, 0.4) is 0 Å². The van der Waals surface area contributed by atoms with Crippen LogP contribution in [0.15, 0.2) is 18.5 Å². The van der Waals surface area contributed by atoms with Gasteiger partial charge in [0.2, 0.25) is 0 Å². The van der Waals surface area contributed by atoms with Crippen LogP contribution < -0.4 is 5.32 Å². The fourth-order valence-electron chi connectivity index (χ4n) is 1.39. The van der Waals surface area contributed by atoms with Crippen molar-refractivity contribution < 1.29 is 14.6 Å². The number of ether oxygens (including phenoxy) is 1. The van der Waals surface area contributed by atoms with Crippen molar-refractivity contribution in [2.45, 2.75) is 26.4 Å². The highest BCUT2D eigenvalue weighted by atomic mass is 16.5. The molecule has 0 aliphatic rings. The predicted molar refractivity (Wildman–Crippen MR) is 63.9 cm³/mol. The van der Waals surface area contributed by atoms with Crippen LogP contribution in [0.5, 0.6) is 5.75 Å². The lowest BCUT2D eigenvalue weighted by molar-refractivity contribution is -0.00815. The minimum Gasteiger partial charge on any atom is -0.506 e. The summed E-state index contributed by atoms with van der Waals surface area (Å²) in [6.07, 6.45) is 2.68. The number of aromatic hydroxyl groups is 1. The van der Waals surface area contributed by atoms with E-state index in [1.165, 1.54) is 18.5 Å². The molecule has 0 aliphatic carbocycles. The summed E-state index contributed by atoms with van der Waals surface area (Å²) in [5.74, 6) is -0.303. The number of amides is 1. The Morgan fingerprint density at radius 3 is 2.82 bits per heavy atom. The van der Waals surface area contributed by atoms with E-state index in [0.717, 1.165) is 0 Å². The van der Waals surface area contributed by atoms with Crippen LogP contribution in [-0.2, 0) is 4.74 Å². The monoisotopic (exact) mass is 238 g/mol. The largest absolute Gasteiger partial charge is 0.506 e. The van der Waals surface area contributed by atoms with Crippen LogP contribution in [0, 0.1) is 0 Å². The average Bonchev–Trinajstić information content (AvgIpc) is 2.26. The summed E-state index contributed by atoms with van der Waals surface area (Å²) in [6.45, 7) is 6.70. The van der Waals surface area contributed by atoms with Crippen molar-refractivity contribution in [3.63, 3.8) is 0 Å². The van der Waals surface area contributed by atoms with Crippen LogP contribution in [-0.4, -0.2) is 34.8 Å². The van der Waals surface area contributed by atoms with Crippen LogP contribution in [0.2, 0.25) is 0 Å². The highest BCUT2D eigenvalue weighted by molar-refractivity contribution is 5.94. The maximum atomic E-state index is 11.7. The molecule has 5 heteroatoms. The molecule has 0 spiro atoms. The molecule has 1 rings (SSSR count). The minimum atomic E-state index is -0.408. The number of carbonyl (C=O) groups is 1. The molecule has 0 saturated heterocycles. The third kappa shape index (κ3) is 4.40. The second kappa shape index (κ2) is 5.63. The van der Waals surface area contributed by atoms with Gasteiger partial charge in [-0.1, -0.05) is 0 Å². The van der Waals surface area contributed by atoms with Crippen LogP contribution in [0.4, 0.5) is 0 Å². The smallest absolute Gasteiger partial charge is 0.253 e. The summed E-state index contributed by atoms with van der Waals surface area (Å²) in [5, 5.41) is 11.9. The first kappa shape index (κ1) is 13.4. The van der Waals surface area contributed by atoms with Crippen molar-refractivity contribution >= 4 is 5.91 Å². The van der Waals surface area contributed by atoms with Crippen molar-refractivity contribution in [2.24, 2.45) is 0 Å². The number of nitrogens with zero attached hydrogens (tertiary/aromatic N) is 1. The van der Waals surface area contributed by atoms with E-state index in [9.17, 15) is 9.90 Å². The van der Waals surface area contributed by atoms with Crippen LogP contribution in [0.1, 0.15) is 31.1 Å². The standard InChI is InChI=1S/C12H18N2O3/c1-4-17-12(2,3)8-14-11(16)9-5-10(15)7-13-6-9/h5-7,15H,4,8H2,1-3H3,(H,14,16). The van der Waals surface area contributed by atoms with E-state index in [1.54, 1.807) is 0 Å². The molecule has 1 amide bonds. The number of carbonyl (C=O) groups excluding carboxylic acids is 1. The van der Waals surface area contributed by atoms with Gasteiger partial charge in [0.05, 0.1) is 17.4 Å². The SMILES string of the molecule is CCOC(C)(C)CNC(=O)c1cncc(O)c1. The van der Waals surface area contributed by atoms with Gasteiger partial charge < -0.3 is 15.2 Å². The van der Waals surface area contributed by atoms with Gasteiger partial charge in [-0.2, -0.15) is 0 Å². The zero-order chi connectivity index (χ0) is 12.9. The summed E-state index contributed by atoms with van der Waals surface area (Å²) in [4.78, 5) is 15.5. The van der Waals surface area contributed by atoms with Gasteiger partial charge in [-0.15, -0.1) is 0 Å². The maximum absolute atomic E-state index is 11.7. The highest BCUT2D eigenvalue weighted by Gasteiger charge is 2.19. The van der Waals surface area contributed by atoms with E-state index >= 15 is 0 Å². The molecule has 0 fully saturated rings. The molecule has 0 atom stereocenters. The summed E-state index contributed by atoms with van der Waals surface area (Å²) in [7, 11) is 0. The van der Waals surface area contributed by atoms with E-state index in [4.69, 9.17) is 4.74 Å². The molecule has 0 saturated carbocycles. The van der Waals surface area contributed by atoms with E-state index in [0.29, 0.717) is 18.7 Å². The average molecular weight is 238 g/mol. The molecule has 0 unspecified atom stereocenters. The Kier molecular flexibility index (Phi) is 4.45. The number of hydrogen-bond acceptors (Lipinski definition) is 4. The Morgan fingerprint density at radius 1 is 1.53 bits per heavy atom. The Labute approximate surface area is 101 Å². The topological polar surface area (TPSA) is 71.5 Å². The highest BCUT2D eigenvalue weighted by Crippen LogP contribution is 2.10. The number of aromatic nitrogens is 1. The van der Waals surface area contributed by atoms with Gasteiger partial charge in [0.25, 0.3) is 5.91 Å². The van der Waals surface area contributed by atoms with Crippen LogP contribution >= 0.6 is 0 Å². The van der Waals surface area contributed by atoms with Crippen molar-refractivity contribution in [3.8, 4) is 5.75 Å². The lowest BCUT2D eigenvalue weighted by Gasteiger charge is -2.24. The Morgan fingerprint density at radius 2 is 2.24 bits per heavy atom. The predicted octanol–water partition coefficient (Wildman–Crippen LogP) is 1.33. The fraction of sp³-hybridized carbons (Fsp3) is 0.500. The van der Waals surface area contributed by atoms with Gasteiger partial charge in [0.15, 0.2) is 0 Å². The summed E-state index contributed by atoms with van der Waals surface area (Å²) in [6, 6.07) is 1.37. The quantitative estimate of drug-likeness (QED) is 0.811. The zero-order valence-corrected chi connectivity index (χ0v) is 10.4. The van der Waals surface area contributed by atoms with Gasteiger partial charge in [-0.3, -0.25) is 9.78 Å². The number of nitrogens with one attached hydrogen (secondary N) is 1. The molecule has 5 nitrogen and oxygen atoms in total. The van der Waals surface area contributed by atoms with Crippen molar-refractivity contribution in [1.29, 1.82) is 0 Å². The Hall–Kier alpha value is -1.62. The summed E-state index contributed by atoms with van der Waals surface area (Å²) >= 11 is 0. The first-order valence-corrected chi connectivity index (χ1v) is 5.51. The first-order valence-electron chi connectivity index (χ1n) is 5.51. The molecule has 0 aliphatic heterocycles. The molecular formula is C12H18N2O3. The molecule has 94 valence electrons. The van der Waals surface area contributed by atoms with Crippen molar-refractivity contribution in [1.82, 2.24) is 10.3 Å². The molecular weight excluding hydrogens is 220 g/mol. The fourth-order valence-corrected chi connectivity index (χ4v) is 1.39. The van der Waals surface area contributed by atoms with E-state index < -0.39 is 5.60 Å². The maximum Gasteiger partial charge on any atom is 0.253 e. The number of pyridine rings is 1. The van der Waals surface area contributed by atoms with Crippen molar-refractivity contribution in [2.75, 3.05) is 13.2 Å². The van der Waals surface area contributed by atoms with E-state index in [1.807, 2.05) is 20.8 Å². The molecule has 0 aromatic carbocycles. The Bertz CT molecular complexity index is 391. The number of rotatable bonds is 5. The number of hydrogen-bond donors (Lipinski definition) is 2.